The number of alkyl halides is 1. The van der Waals surface area contributed by atoms with E-state index in [1.165, 1.54) is 12.1 Å². The highest BCUT2D eigenvalue weighted by Gasteiger charge is 2.49. The number of hydrogen-bond donors (Lipinski definition) is 1. The number of rotatable bonds is 7. The van der Waals surface area contributed by atoms with Crippen LogP contribution in [0.4, 0.5) is 19.6 Å². The number of carbonyl (C=O) groups is 1. The maximum atomic E-state index is 14.9. The second-order valence-electron chi connectivity index (χ2n) is 12.7. The number of anilines is 2. The lowest BCUT2D eigenvalue weighted by Crippen LogP contribution is -2.44. The molecule has 244 valence electrons. The van der Waals surface area contributed by atoms with Crippen molar-refractivity contribution in [3.63, 3.8) is 0 Å². The van der Waals surface area contributed by atoms with Crippen molar-refractivity contribution < 1.29 is 18.3 Å². The van der Waals surface area contributed by atoms with Crippen LogP contribution in [-0.4, -0.2) is 82.8 Å². The van der Waals surface area contributed by atoms with Crippen LogP contribution in [0.2, 0.25) is 5.02 Å². The molecule has 13 heteroatoms. The quantitative estimate of drug-likeness (QED) is 0.226. The Bertz CT molecular complexity index is 1980. The number of likely N-dealkylation sites (tertiary alicyclic amines) is 1. The number of thiophene rings is 1. The van der Waals surface area contributed by atoms with E-state index in [1.807, 2.05) is 31.0 Å². The summed E-state index contributed by atoms with van der Waals surface area (Å²) in [5.41, 5.74) is 7.41. The number of fused-ring (bicyclic) bond motifs is 3. The molecule has 0 bridgehead atoms. The topological polar surface area (TPSA) is 112 Å². The van der Waals surface area contributed by atoms with Crippen molar-refractivity contribution in [1.29, 1.82) is 5.26 Å². The van der Waals surface area contributed by atoms with Crippen LogP contribution in [0.25, 0.3) is 32.1 Å². The molecule has 4 aromatic rings. The van der Waals surface area contributed by atoms with Crippen LogP contribution >= 0.6 is 22.9 Å². The van der Waals surface area contributed by atoms with Crippen LogP contribution in [0.5, 0.6) is 6.01 Å². The lowest BCUT2D eigenvalue weighted by Gasteiger charge is -2.33. The summed E-state index contributed by atoms with van der Waals surface area (Å²) in [6, 6.07) is 8.64. The molecule has 0 aliphatic carbocycles. The third-order valence-corrected chi connectivity index (χ3v) is 11.6. The Balaban J connectivity index is 1.35. The summed E-state index contributed by atoms with van der Waals surface area (Å²) in [4.78, 5) is 28.2. The van der Waals surface area contributed by atoms with Gasteiger partial charge in [-0.05, 0) is 56.5 Å². The van der Waals surface area contributed by atoms with Crippen LogP contribution < -0.4 is 15.4 Å². The number of nitrogens with zero attached hydrogens (tertiary/aromatic N) is 6. The van der Waals surface area contributed by atoms with Crippen molar-refractivity contribution in [3.8, 4) is 23.2 Å². The van der Waals surface area contributed by atoms with E-state index in [9.17, 15) is 18.8 Å². The van der Waals surface area contributed by atoms with Crippen LogP contribution in [-0.2, 0) is 4.79 Å². The Kier molecular flexibility index (Phi) is 7.97. The van der Waals surface area contributed by atoms with Crippen molar-refractivity contribution in [3.05, 3.63) is 53.3 Å². The number of nitrogens with two attached hydrogens (primary N) is 1. The second kappa shape index (κ2) is 11.9. The molecule has 2 aromatic carbocycles. The zero-order valence-corrected chi connectivity index (χ0v) is 27.7. The zero-order valence-electron chi connectivity index (χ0n) is 26.1. The van der Waals surface area contributed by atoms with Crippen molar-refractivity contribution in [2.45, 2.75) is 56.4 Å². The number of benzene rings is 2. The first-order valence-electron chi connectivity index (χ1n) is 15.7. The molecule has 7 rings (SSSR count). The normalized spacial score (nSPS) is 24.2. The number of aromatic nitrogens is 2. The molecule has 47 heavy (non-hydrogen) atoms. The highest BCUT2D eigenvalue weighted by atomic mass is 35.5. The Morgan fingerprint density at radius 2 is 2.11 bits per heavy atom. The predicted octanol–water partition coefficient (Wildman–Crippen LogP) is 6.32. The molecule has 3 aliphatic rings. The first kappa shape index (κ1) is 31.5. The molecular formula is C34H34ClF2N7O2S. The van der Waals surface area contributed by atoms with Gasteiger partial charge in [0.15, 0.2) is 0 Å². The highest BCUT2D eigenvalue weighted by molar-refractivity contribution is 7.23. The summed E-state index contributed by atoms with van der Waals surface area (Å²) in [5, 5.41) is 11.4. The average molecular weight is 678 g/mol. The number of amides is 1. The number of halogens is 3. The third kappa shape index (κ3) is 5.07. The number of nitrogen functional groups attached to an aromatic ring is 1. The van der Waals surface area contributed by atoms with Crippen LogP contribution in [0.1, 0.15) is 38.2 Å². The van der Waals surface area contributed by atoms with Crippen molar-refractivity contribution in [2.75, 3.05) is 43.9 Å². The Hall–Kier alpha value is -4.05. The van der Waals surface area contributed by atoms with Gasteiger partial charge in [-0.3, -0.25) is 9.69 Å². The summed E-state index contributed by atoms with van der Waals surface area (Å²) in [6.45, 7) is 7.69. The third-order valence-electron chi connectivity index (χ3n) is 10.2. The van der Waals surface area contributed by atoms with Gasteiger partial charge in [-0.1, -0.05) is 30.3 Å². The van der Waals surface area contributed by atoms with Crippen molar-refractivity contribution in [2.24, 2.45) is 0 Å². The van der Waals surface area contributed by atoms with Gasteiger partial charge in [0.2, 0.25) is 5.91 Å². The molecule has 1 amide bonds. The number of ether oxygens (including phenoxy) is 1. The van der Waals surface area contributed by atoms with Crippen LogP contribution in [0, 0.1) is 17.1 Å². The number of likely N-dealkylation sites (N-methyl/N-ethyl adjacent to an activating group) is 1. The van der Waals surface area contributed by atoms with Gasteiger partial charge in [0.05, 0.1) is 32.4 Å². The van der Waals surface area contributed by atoms with Gasteiger partial charge in [0.1, 0.15) is 35.5 Å². The van der Waals surface area contributed by atoms with Crippen LogP contribution in [0.15, 0.2) is 36.9 Å². The van der Waals surface area contributed by atoms with Gasteiger partial charge >= 0.3 is 6.01 Å². The molecule has 0 saturated carbocycles. The monoisotopic (exact) mass is 677 g/mol. The van der Waals surface area contributed by atoms with E-state index < -0.39 is 17.5 Å². The number of hydrogen-bond acceptors (Lipinski definition) is 9. The van der Waals surface area contributed by atoms with Crippen molar-refractivity contribution in [1.82, 2.24) is 19.8 Å². The van der Waals surface area contributed by atoms with Gasteiger partial charge in [-0.2, -0.15) is 15.2 Å². The van der Waals surface area contributed by atoms with Crippen LogP contribution in [0.3, 0.4) is 0 Å². The minimum absolute atomic E-state index is 0.0713. The summed E-state index contributed by atoms with van der Waals surface area (Å²) < 4.78 is 36.0. The standard InChI is InChI=1S/C34H34ClF2N7O2S/c1-4-26(45)44-13-10-25(18(44)2)42(3)32-22-7-6-21(20-8-9-24(37)30-27(20)23(15-38)31(39)47-30)28(35)29(22)40-33(41-32)46-17-34-11-5-12-43(34)16-19(36)14-34/h4,6-9,18-19,25H,1,5,10-14,16-17,39H2,2-3H3/t18-,19-,25?,34+/m1/s1. The van der Waals surface area contributed by atoms with E-state index in [0.29, 0.717) is 59.2 Å². The first-order valence-corrected chi connectivity index (χ1v) is 16.9. The molecule has 9 nitrogen and oxygen atoms in total. The summed E-state index contributed by atoms with van der Waals surface area (Å²) in [7, 11) is 1.93. The summed E-state index contributed by atoms with van der Waals surface area (Å²) in [6.07, 6.45) is 3.34. The maximum absolute atomic E-state index is 14.9. The smallest absolute Gasteiger partial charge is 0.319 e. The number of carbonyl (C=O) groups excluding carboxylic acids is 1. The fourth-order valence-electron chi connectivity index (χ4n) is 7.87. The molecule has 3 fully saturated rings. The zero-order chi connectivity index (χ0) is 33.2. The molecule has 1 unspecified atom stereocenters. The van der Waals surface area contributed by atoms with Gasteiger partial charge in [0.25, 0.3) is 0 Å². The van der Waals surface area contributed by atoms with E-state index in [4.69, 9.17) is 32.0 Å². The fraction of sp³-hybridized carbons (Fsp3) is 0.412. The van der Waals surface area contributed by atoms with Gasteiger partial charge < -0.3 is 20.3 Å². The van der Waals surface area contributed by atoms with E-state index >= 15 is 0 Å². The lowest BCUT2D eigenvalue weighted by atomic mass is 9.95. The fourth-order valence-corrected chi connectivity index (χ4v) is 9.12. The van der Waals surface area contributed by atoms with E-state index in [2.05, 4.69) is 17.5 Å². The Morgan fingerprint density at radius 3 is 2.87 bits per heavy atom. The Morgan fingerprint density at radius 1 is 1.32 bits per heavy atom. The average Bonchev–Trinajstić information content (AvgIpc) is 3.80. The minimum atomic E-state index is -0.905. The first-order chi connectivity index (χ1) is 22.6. The SMILES string of the molecule is C=CC(=O)N1CCC(N(C)c2nc(OC[C@@]34CCCN3C[C@H](F)C4)nc3c(Cl)c(-c4ccc(F)c5sc(N)c(C#N)c45)ccc23)[C@H]1C. The Labute approximate surface area is 280 Å². The molecule has 3 aliphatic heterocycles. The van der Waals surface area contributed by atoms with E-state index in [0.717, 1.165) is 30.7 Å². The van der Waals surface area contributed by atoms with Crippen molar-refractivity contribution >= 4 is 60.7 Å². The molecule has 5 heterocycles. The second-order valence-corrected chi connectivity index (χ2v) is 14.1. The molecule has 2 N–H and O–H groups in total. The lowest BCUT2D eigenvalue weighted by molar-refractivity contribution is -0.126. The van der Waals surface area contributed by atoms with Gasteiger partial charge in [-0.15, -0.1) is 11.3 Å². The molecule has 4 atom stereocenters. The molecule has 0 spiro atoms. The summed E-state index contributed by atoms with van der Waals surface area (Å²) in [5.74, 6) is -0.0316. The summed E-state index contributed by atoms with van der Waals surface area (Å²) >= 11 is 8.20. The largest absolute Gasteiger partial charge is 0.461 e. The molecule has 3 saturated heterocycles. The maximum Gasteiger partial charge on any atom is 0.319 e. The van der Waals surface area contributed by atoms with E-state index in [1.54, 1.807) is 11.0 Å². The van der Waals surface area contributed by atoms with Gasteiger partial charge in [0, 0.05) is 48.9 Å². The minimum Gasteiger partial charge on any atom is -0.461 e. The van der Waals surface area contributed by atoms with Gasteiger partial charge in [-0.25, -0.2) is 8.78 Å². The predicted molar refractivity (Wildman–Crippen MR) is 181 cm³/mol. The molecular weight excluding hydrogens is 644 g/mol. The number of nitriles is 1. The molecule has 0 radical (unpaired) electrons. The molecule has 2 aromatic heterocycles. The highest BCUT2D eigenvalue weighted by Crippen LogP contribution is 2.46. The van der Waals surface area contributed by atoms with E-state index in [-0.39, 0.29) is 50.9 Å².